The van der Waals surface area contributed by atoms with E-state index in [0.717, 1.165) is 87.3 Å². The molecule has 0 spiro atoms. The zero-order valence-electron chi connectivity index (χ0n) is 33.4. The zero-order valence-corrected chi connectivity index (χ0v) is 33.4. The number of carbonyl (C=O) groups is 6. The van der Waals surface area contributed by atoms with Crippen LogP contribution in [0.5, 0.6) is 0 Å². The summed E-state index contributed by atoms with van der Waals surface area (Å²) in [4.78, 5) is 83.5. The average Bonchev–Trinajstić information content (AvgIpc) is 3.49. The van der Waals surface area contributed by atoms with Crippen molar-refractivity contribution < 1.29 is 33.5 Å². The molecule has 5 amide bonds. The van der Waals surface area contributed by atoms with Crippen LogP contribution in [-0.2, 0) is 35.3 Å². The lowest BCUT2D eigenvalue weighted by atomic mass is 9.80. The van der Waals surface area contributed by atoms with E-state index in [0.29, 0.717) is 25.8 Å². The van der Waals surface area contributed by atoms with Crippen molar-refractivity contribution in [1.82, 2.24) is 20.9 Å². The number of esters is 1. The van der Waals surface area contributed by atoms with Crippen molar-refractivity contribution in [3.05, 3.63) is 60.2 Å². The first-order valence-corrected chi connectivity index (χ1v) is 21.2. The Morgan fingerprint density at radius 3 is 2.09 bits per heavy atom. The van der Waals surface area contributed by atoms with Gasteiger partial charge in [-0.3, -0.25) is 19.2 Å². The lowest BCUT2D eigenvalue weighted by Crippen LogP contribution is -2.63. The van der Waals surface area contributed by atoms with Gasteiger partial charge in [-0.2, -0.15) is 0 Å². The molecule has 1 saturated heterocycles. The van der Waals surface area contributed by atoms with Gasteiger partial charge in [-0.05, 0) is 77.9 Å². The van der Waals surface area contributed by atoms with Crippen LogP contribution in [0.2, 0.25) is 0 Å². The maximum Gasteiger partial charge on any atom is 0.332 e. The van der Waals surface area contributed by atoms with Gasteiger partial charge in [0.25, 0.3) is 5.91 Å². The second-order valence-electron chi connectivity index (χ2n) is 18.0. The summed E-state index contributed by atoms with van der Waals surface area (Å²) in [7, 11) is 0. The monoisotopic (exact) mass is 781 g/mol. The van der Waals surface area contributed by atoms with Crippen LogP contribution >= 0.6 is 0 Å². The Hall–Kier alpha value is -4.74. The van der Waals surface area contributed by atoms with Gasteiger partial charge >= 0.3 is 12.0 Å². The number of hydrogen-bond donors (Lipinski definition) is 4. The fourth-order valence-corrected chi connectivity index (χ4v) is 10.2. The summed E-state index contributed by atoms with van der Waals surface area (Å²) in [5, 5.41) is 8.87. The standard InChI is InChI=1S/C45H59N5O7/c1-44(2)33-26-50(37(35(33)44)40(53)47-34(38(51)39(46)52)25-28-13-12-14-28)41(54)36(32-17-8-4-9-18-32)48-43(56)49-45(23-10-5-11-24-45)42(55)57-27-29-19-21-31(22-20-29)30-15-6-3-7-16-30/h3,6-7,15-16,19-22,28,32-37H,4-5,8-14,17-18,23-27H2,1-2H3,(H2,46,52)(H,47,53)(H2,48,49,56)/t33-,34?,35-,36-,37-/m0/s1. The van der Waals surface area contributed by atoms with Gasteiger partial charge < -0.3 is 31.3 Å². The number of ketones is 1. The molecule has 1 heterocycles. The lowest BCUT2D eigenvalue weighted by molar-refractivity contribution is -0.154. The van der Waals surface area contributed by atoms with E-state index in [9.17, 15) is 28.8 Å². The molecule has 5 fully saturated rings. The number of benzene rings is 2. The molecule has 12 nitrogen and oxygen atoms in total. The van der Waals surface area contributed by atoms with E-state index in [4.69, 9.17) is 10.5 Å². The topological polar surface area (TPSA) is 177 Å². The number of nitrogens with one attached hydrogen (secondary N) is 3. The van der Waals surface area contributed by atoms with Crippen LogP contribution in [0.3, 0.4) is 0 Å². The van der Waals surface area contributed by atoms with Crippen LogP contribution in [0.1, 0.15) is 109 Å². The van der Waals surface area contributed by atoms with Gasteiger partial charge in [-0.1, -0.05) is 126 Å². The number of urea groups is 1. The Labute approximate surface area is 335 Å². The number of likely N-dealkylation sites (tertiary alicyclic amines) is 1. The molecule has 57 heavy (non-hydrogen) atoms. The number of Topliss-reactive ketones (excluding diaryl/α,β-unsaturated/α-hetero) is 1. The zero-order chi connectivity index (χ0) is 40.3. The molecule has 2 aromatic rings. The van der Waals surface area contributed by atoms with Crippen molar-refractivity contribution in [2.24, 2.45) is 34.8 Å². The predicted molar refractivity (Wildman–Crippen MR) is 214 cm³/mol. The molecule has 5 atom stereocenters. The highest BCUT2D eigenvalue weighted by atomic mass is 16.5. The second-order valence-corrected chi connectivity index (χ2v) is 18.0. The Morgan fingerprint density at radius 1 is 0.807 bits per heavy atom. The molecule has 5 aliphatic rings. The third kappa shape index (κ3) is 8.75. The van der Waals surface area contributed by atoms with E-state index in [1.165, 1.54) is 0 Å². The van der Waals surface area contributed by atoms with Gasteiger partial charge in [0.05, 0.1) is 6.04 Å². The fourth-order valence-electron chi connectivity index (χ4n) is 10.2. The van der Waals surface area contributed by atoms with Crippen LogP contribution in [0.25, 0.3) is 11.1 Å². The maximum absolute atomic E-state index is 14.8. The Kier molecular flexibility index (Phi) is 12.1. The van der Waals surface area contributed by atoms with Gasteiger partial charge in [0.1, 0.15) is 24.2 Å². The molecule has 4 aliphatic carbocycles. The van der Waals surface area contributed by atoms with Crippen LogP contribution in [0.15, 0.2) is 54.6 Å². The molecule has 2 aromatic carbocycles. The third-order valence-electron chi connectivity index (χ3n) is 14.0. The van der Waals surface area contributed by atoms with Gasteiger partial charge in [-0.25, -0.2) is 9.59 Å². The minimum atomic E-state index is -1.24. The molecule has 7 rings (SSSR count). The van der Waals surface area contributed by atoms with Gasteiger partial charge in [0.15, 0.2) is 0 Å². The van der Waals surface area contributed by atoms with Crippen molar-refractivity contribution in [3.8, 4) is 11.1 Å². The van der Waals surface area contributed by atoms with E-state index < -0.39 is 53.3 Å². The summed E-state index contributed by atoms with van der Waals surface area (Å²) < 4.78 is 5.89. The van der Waals surface area contributed by atoms with Crippen LogP contribution in [-0.4, -0.2) is 70.6 Å². The Bertz CT molecular complexity index is 1810. The molecule has 1 unspecified atom stereocenters. The first kappa shape index (κ1) is 40.5. The van der Waals surface area contributed by atoms with E-state index in [2.05, 4.69) is 29.8 Å². The number of fused-ring (bicyclic) bond motifs is 1. The predicted octanol–water partition coefficient (Wildman–Crippen LogP) is 5.56. The first-order chi connectivity index (χ1) is 27.4. The number of piperidine rings is 1. The number of ether oxygens (including phenoxy) is 1. The maximum atomic E-state index is 14.8. The average molecular weight is 782 g/mol. The summed E-state index contributed by atoms with van der Waals surface area (Å²) in [6.45, 7) is 4.57. The Morgan fingerprint density at radius 2 is 1.46 bits per heavy atom. The second kappa shape index (κ2) is 17.0. The van der Waals surface area contributed by atoms with Crippen LogP contribution in [0, 0.1) is 29.1 Å². The quantitative estimate of drug-likeness (QED) is 0.143. The van der Waals surface area contributed by atoms with Crippen molar-refractivity contribution in [3.63, 3.8) is 0 Å². The summed E-state index contributed by atoms with van der Waals surface area (Å²) in [5.74, 6) is -3.20. The van der Waals surface area contributed by atoms with E-state index in [1.54, 1.807) is 4.90 Å². The Balaban J connectivity index is 1.05. The van der Waals surface area contributed by atoms with E-state index >= 15 is 0 Å². The molecule has 12 heteroatoms. The molecule has 0 radical (unpaired) electrons. The number of nitrogens with two attached hydrogens (primary N) is 1. The number of nitrogens with zero attached hydrogens (tertiary/aromatic N) is 1. The van der Waals surface area contributed by atoms with E-state index in [1.807, 2.05) is 54.6 Å². The van der Waals surface area contributed by atoms with Gasteiger partial charge in [0.2, 0.25) is 17.6 Å². The molecular formula is C45H59N5O7. The van der Waals surface area contributed by atoms with Crippen LogP contribution in [0.4, 0.5) is 4.79 Å². The summed E-state index contributed by atoms with van der Waals surface area (Å²) in [5.41, 5.74) is 6.96. The van der Waals surface area contributed by atoms with Crippen LogP contribution < -0.4 is 21.7 Å². The molecule has 4 saturated carbocycles. The lowest BCUT2D eigenvalue weighted by Gasteiger charge is -2.39. The molecule has 0 aromatic heterocycles. The smallest absolute Gasteiger partial charge is 0.332 e. The van der Waals surface area contributed by atoms with Crippen molar-refractivity contribution in [1.29, 1.82) is 0 Å². The fraction of sp³-hybridized carbons (Fsp3) is 0.600. The van der Waals surface area contributed by atoms with Crippen molar-refractivity contribution in [2.75, 3.05) is 6.54 Å². The van der Waals surface area contributed by atoms with Gasteiger partial charge in [-0.15, -0.1) is 0 Å². The normalized spacial score (nSPS) is 24.8. The molecule has 0 bridgehead atoms. The van der Waals surface area contributed by atoms with Crippen molar-refractivity contribution >= 4 is 35.5 Å². The molecule has 5 N–H and O–H groups in total. The molecule has 1 aliphatic heterocycles. The number of primary amides is 1. The molecular weight excluding hydrogens is 723 g/mol. The first-order valence-electron chi connectivity index (χ1n) is 21.2. The summed E-state index contributed by atoms with van der Waals surface area (Å²) in [6.07, 6.45) is 10.8. The van der Waals surface area contributed by atoms with E-state index in [-0.39, 0.29) is 41.6 Å². The van der Waals surface area contributed by atoms with Crippen molar-refractivity contribution in [2.45, 2.75) is 134 Å². The summed E-state index contributed by atoms with van der Waals surface area (Å²) >= 11 is 0. The molecule has 306 valence electrons. The highest BCUT2D eigenvalue weighted by molar-refractivity contribution is 6.37. The largest absolute Gasteiger partial charge is 0.459 e. The highest BCUT2D eigenvalue weighted by Crippen LogP contribution is 2.65. The minimum Gasteiger partial charge on any atom is -0.459 e. The number of rotatable bonds is 14. The SMILES string of the molecule is CC1(C)[C@@H]2[C@@H](C(=O)NC(CC3CCC3)C(=O)C(N)=O)N(C(=O)[C@@H](NC(=O)NC3(C(=O)OCc4ccc(-c5ccccc5)cc4)CCCCC3)C3CCCCC3)C[C@@H]21. The van der Waals surface area contributed by atoms with Gasteiger partial charge in [0, 0.05) is 6.54 Å². The minimum absolute atomic E-state index is 0.0613. The third-order valence-corrected chi connectivity index (χ3v) is 14.0. The highest BCUT2D eigenvalue weighted by Gasteiger charge is 2.70. The number of hydrogen-bond acceptors (Lipinski definition) is 7. The summed E-state index contributed by atoms with van der Waals surface area (Å²) in [6, 6.07) is 14.5. The number of carbonyl (C=O) groups excluding carboxylic acids is 6. The number of amides is 5.